The molecule has 2 fully saturated rings. The fourth-order valence-corrected chi connectivity index (χ4v) is 3.72. The first kappa shape index (κ1) is 14.3. The molecule has 0 radical (unpaired) electrons. The van der Waals surface area contributed by atoms with Crippen molar-refractivity contribution in [2.45, 2.75) is 44.6 Å². The van der Waals surface area contributed by atoms with E-state index in [1.807, 2.05) is 6.92 Å². The molecule has 2 atom stereocenters. The van der Waals surface area contributed by atoms with Crippen molar-refractivity contribution in [3.05, 3.63) is 23.4 Å². The van der Waals surface area contributed by atoms with Crippen molar-refractivity contribution in [3.63, 3.8) is 0 Å². The van der Waals surface area contributed by atoms with Crippen molar-refractivity contribution in [2.24, 2.45) is 5.92 Å². The average molecular weight is 290 g/mol. The van der Waals surface area contributed by atoms with Crippen LogP contribution < -0.4 is 4.90 Å². The number of anilines is 1. The molecule has 1 aliphatic heterocycles. The summed E-state index contributed by atoms with van der Waals surface area (Å²) < 4.78 is 0. The molecule has 1 aromatic rings. The molecule has 5 nitrogen and oxygen atoms in total. The van der Waals surface area contributed by atoms with E-state index in [2.05, 4.69) is 9.88 Å². The van der Waals surface area contributed by atoms with E-state index in [0.29, 0.717) is 0 Å². The summed E-state index contributed by atoms with van der Waals surface area (Å²) in [5.41, 5.74) is 0.477. The number of carbonyl (C=O) groups is 1. The van der Waals surface area contributed by atoms with E-state index in [4.69, 9.17) is 0 Å². The maximum Gasteiger partial charge on any atom is 0.335 e. The minimum Gasteiger partial charge on any atom is -0.478 e. The number of carboxylic acid groups (broad SMARTS) is 1. The highest BCUT2D eigenvalue weighted by Crippen LogP contribution is 2.40. The van der Waals surface area contributed by atoms with E-state index in [-0.39, 0.29) is 11.5 Å². The minimum atomic E-state index is -0.923. The zero-order valence-corrected chi connectivity index (χ0v) is 12.4. The molecule has 2 N–H and O–H groups in total. The van der Waals surface area contributed by atoms with Gasteiger partial charge in [-0.05, 0) is 38.3 Å². The van der Waals surface area contributed by atoms with Crippen LogP contribution in [0.15, 0.2) is 12.1 Å². The zero-order chi connectivity index (χ0) is 15.0. The lowest BCUT2D eigenvalue weighted by Crippen LogP contribution is -2.53. The molecular weight excluding hydrogens is 268 g/mol. The quantitative estimate of drug-likeness (QED) is 0.873. The summed E-state index contributed by atoms with van der Waals surface area (Å²) in [4.78, 5) is 17.8. The lowest BCUT2D eigenvalue weighted by molar-refractivity contribution is -0.0613. The number of aromatic nitrogens is 1. The van der Waals surface area contributed by atoms with E-state index in [1.165, 1.54) is 6.42 Å². The van der Waals surface area contributed by atoms with Gasteiger partial charge in [0.1, 0.15) is 5.82 Å². The second-order valence-corrected chi connectivity index (χ2v) is 6.40. The van der Waals surface area contributed by atoms with Crippen LogP contribution in [0.4, 0.5) is 5.82 Å². The maximum atomic E-state index is 11.2. The van der Waals surface area contributed by atoms with Gasteiger partial charge < -0.3 is 15.1 Å². The third-order valence-corrected chi connectivity index (χ3v) is 4.94. The number of hydrogen-bond acceptors (Lipinski definition) is 4. The van der Waals surface area contributed by atoms with Crippen LogP contribution in [-0.2, 0) is 0 Å². The number of pyridine rings is 1. The fourth-order valence-electron chi connectivity index (χ4n) is 3.72. The molecule has 1 saturated heterocycles. The average Bonchev–Trinajstić information content (AvgIpc) is 2.45. The van der Waals surface area contributed by atoms with Crippen LogP contribution in [0, 0.1) is 12.8 Å². The van der Waals surface area contributed by atoms with Gasteiger partial charge in [-0.3, -0.25) is 0 Å². The second kappa shape index (κ2) is 5.30. The number of carboxylic acids is 1. The van der Waals surface area contributed by atoms with Gasteiger partial charge in [0.2, 0.25) is 0 Å². The summed E-state index contributed by atoms with van der Waals surface area (Å²) in [5.74, 6) is 0.0727. The van der Waals surface area contributed by atoms with Crippen molar-refractivity contribution >= 4 is 11.8 Å². The third kappa shape index (κ3) is 2.75. The Morgan fingerprint density at radius 1 is 1.38 bits per heavy atom. The Kier molecular flexibility index (Phi) is 3.61. The molecule has 21 heavy (non-hydrogen) atoms. The van der Waals surface area contributed by atoms with Gasteiger partial charge in [0.15, 0.2) is 0 Å². The second-order valence-electron chi connectivity index (χ2n) is 6.40. The van der Waals surface area contributed by atoms with Crippen LogP contribution in [-0.4, -0.2) is 39.9 Å². The van der Waals surface area contributed by atoms with E-state index < -0.39 is 11.6 Å². The molecule has 0 spiro atoms. The monoisotopic (exact) mass is 290 g/mol. The lowest BCUT2D eigenvalue weighted by atomic mass is 9.71. The molecule has 2 aliphatic rings. The van der Waals surface area contributed by atoms with Crippen LogP contribution in [0.25, 0.3) is 0 Å². The molecule has 0 bridgehead atoms. The van der Waals surface area contributed by atoms with E-state index in [1.54, 1.807) is 12.1 Å². The van der Waals surface area contributed by atoms with Crippen molar-refractivity contribution in [1.29, 1.82) is 0 Å². The van der Waals surface area contributed by atoms with Crippen molar-refractivity contribution in [3.8, 4) is 0 Å². The highest BCUT2D eigenvalue weighted by Gasteiger charge is 2.43. The van der Waals surface area contributed by atoms with Crippen molar-refractivity contribution < 1.29 is 15.0 Å². The molecule has 0 aromatic carbocycles. The maximum absolute atomic E-state index is 11.2. The number of hydrogen-bond donors (Lipinski definition) is 2. The van der Waals surface area contributed by atoms with Gasteiger partial charge in [-0.2, -0.15) is 0 Å². The molecule has 5 heteroatoms. The Morgan fingerprint density at radius 2 is 2.19 bits per heavy atom. The first-order chi connectivity index (χ1) is 9.98. The van der Waals surface area contributed by atoms with Crippen molar-refractivity contribution in [2.75, 3.05) is 18.0 Å². The summed E-state index contributed by atoms with van der Waals surface area (Å²) >= 11 is 0. The molecule has 1 aliphatic carbocycles. The molecule has 2 heterocycles. The Labute approximate surface area is 124 Å². The van der Waals surface area contributed by atoms with Crippen LogP contribution in [0.5, 0.6) is 0 Å². The summed E-state index contributed by atoms with van der Waals surface area (Å²) in [6.45, 7) is 3.32. The largest absolute Gasteiger partial charge is 0.478 e. The van der Waals surface area contributed by atoms with Crippen LogP contribution in [0.2, 0.25) is 0 Å². The molecule has 114 valence electrons. The Balaban J connectivity index is 1.83. The van der Waals surface area contributed by atoms with Crippen LogP contribution >= 0.6 is 0 Å². The first-order valence-electron chi connectivity index (χ1n) is 7.67. The molecule has 3 rings (SSSR count). The number of fused-ring (bicyclic) bond motifs is 1. The van der Waals surface area contributed by atoms with E-state index in [9.17, 15) is 15.0 Å². The van der Waals surface area contributed by atoms with E-state index in [0.717, 1.165) is 50.3 Å². The highest BCUT2D eigenvalue weighted by molar-refractivity contribution is 5.88. The van der Waals surface area contributed by atoms with Gasteiger partial charge >= 0.3 is 5.97 Å². The van der Waals surface area contributed by atoms with E-state index >= 15 is 0 Å². The smallest absolute Gasteiger partial charge is 0.335 e. The first-order valence-corrected chi connectivity index (χ1v) is 7.67. The number of aryl methyl sites for hydroxylation is 1. The third-order valence-electron chi connectivity index (χ3n) is 4.94. The highest BCUT2D eigenvalue weighted by atomic mass is 16.4. The minimum absolute atomic E-state index is 0.274. The van der Waals surface area contributed by atoms with Gasteiger partial charge in [0.05, 0.1) is 11.2 Å². The Morgan fingerprint density at radius 3 is 2.95 bits per heavy atom. The van der Waals surface area contributed by atoms with Crippen LogP contribution in [0.1, 0.15) is 48.2 Å². The number of rotatable bonds is 2. The zero-order valence-electron chi connectivity index (χ0n) is 12.4. The standard InChI is InChI=1S/C16H22N2O3/c1-11-8-12(15(19)20)9-14(17-11)18-7-6-16(21)5-3-2-4-13(16)10-18/h8-9,13,21H,2-7,10H2,1H3,(H,19,20). The fraction of sp³-hybridized carbons (Fsp3) is 0.625. The number of nitrogens with zero attached hydrogens (tertiary/aromatic N) is 2. The Bertz CT molecular complexity index is 560. The number of aromatic carboxylic acids is 1. The Hall–Kier alpha value is -1.62. The number of piperidine rings is 1. The summed E-state index contributed by atoms with van der Waals surface area (Å²) in [6.07, 6.45) is 4.97. The summed E-state index contributed by atoms with van der Waals surface area (Å²) in [6, 6.07) is 3.23. The SMILES string of the molecule is Cc1cc(C(=O)O)cc(N2CCC3(O)CCCCC3C2)n1. The van der Waals surface area contributed by atoms with Gasteiger partial charge in [-0.25, -0.2) is 9.78 Å². The predicted octanol–water partition coefficient (Wildman–Crippen LogP) is 2.22. The molecular formula is C16H22N2O3. The summed E-state index contributed by atoms with van der Waals surface area (Å²) in [5, 5.41) is 19.9. The molecule has 1 saturated carbocycles. The van der Waals surface area contributed by atoms with Gasteiger partial charge in [0.25, 0.3) is 0 Å². The summed E-state index contributed by atoms with van der Waals surface area (Å²) in [7, 11) is 0. The van der Waals surface area contributed by atoms with Crippen LogP contribution in [0.3, 0.4) is 0 Å². The predicted molar refractivity (Wildman–Crippen MR) is 79.7 cm³/mol. The number of aliphatic hydroxyl groups is 1. The topological polar surface area (TPSA) is 73.7 Å². The van der Waals surface area contributed by atoms with Gasteiger partial charge in [0, 0.05) is 24.7 Å². The van der Waals surface area contributed by atoms with Crippen molar-refractivity contribution in [1.82, 2.24) is 4.98 Å². The molecule has 1 aromatic heterocycles. The van der Waals surface area contributed by atoms with Gasteiger partial charge in [-0.15, -0.1) is 0 Å². The lowest BCUT2D eigenvalue weighted by Gasteiger charge is -2.47. The van der Waals surface area contributed by atoms with Gasteiger partial charge in [-0.1, -0.05) is 12.8 Å². The molecule has 2 unspecified atom stereocenters. The normalized spacial score (nSPS) is 29.0. The molecule has 0 amide bonds.